The number of alkyl halides is 6. The molecule has 1 heterocycles. The second-order valence-corrected chi connectivity index (χ2v) is 4.92. The van der Waals surface area contributed by atoms with Crippen LogP contribution in [0, 0.1) is 6.92 Å². The van der Waals surface area contributed by atoms with Gasteiger partial charge in [0, 0.05) is 25.9 Å². The van der Waals surface area contributed by atoms with Crippen LogP contribution < -0.4 is 5.32 Å². The molecule has 0 saturated heterocycles. The van der Waals surface area contributed by atoms with E-state index in [2.05, 4.69) is 10.4 Å². The molecular weight excluding hydrogens is 300 g/mol. The minimum Gasteiger partial charge on any atom is -0.380 e. The molecule has 0 saturated carbocycles. The Labute approximate surface area is 118 Å². The van der Waals surface area contributed by atoms with Gasteiger partial charge in [0.15, 0.2) is 0 Å². The molecule has 1 aromatic rings. The fourth-order valence-electron chi connectivity index (χ4n) is 1.82. The quantitative estimate of drug-likeness (QED) is 0.797. The maximum Gasteiger partial charge on any atom is 0.389 e. The average molecular weight is 317 g/mol. The summed E-state index contributed by atoms with van der Waals surface area (Å²) in [6, 6.07) is -0.906. The van der Waals surface area contributed by atoms with Gasteiger partial charge in [0.25, 0.3) is 0 Å². The van der Waals surface area contributed by atoms with Crippen molar-refractivity contribution in [2.24, 2.45) is 7.05 Å². The predicted molar refractivity (Wildman–Crippen MR) is 65.9 cm³/mol. The Hall–Kier alpha value is -1.41. The van der Waals surface area contributed by atoms with Crippen molar-refractivity contribution in [3.05, 3.63) is 11.9 Å². The van der Waals surface area contributed by atoms with Crippen LogP contribution in [0.4, 0.5) is 32.0 Å². The number of nitrogens with one attached hydrogen (secondary N) is 1. The van der Waals surface area contributed by atoms with Crippen molar-refractivity contribution in [3.8, 4) is 0 Å². The van der Waals surface area contributed by atoms with E-state index < -0.39 is 44.1 Å². The molecule has 0 fully saturated rings. The summed E-state index contributed by atoms with van der Waals surface area (Å²) in [7, 11) is 1.64. The standard InChI is InChI=1S/C12H17F6N3/c1-8-10(7-19-21(8)2)20-9(3-5-11(13,14)15)4-6-12(16,17)18/h7,9,20H,3-6H2,1-2H3. The zero-order chi connectivity index (χ0) is 16.3. The van der Waals surface area contributed by atoms with Crippen LogP contribution in [0.2, 0.25) is 0 Å². The normalized spacial score (nSPS) is 13.0. The van der Waals surface area contributed by atoms with Crippen molar-refractivity contribution >= 4 is 5.69 Å². The molecule has 1 N–H and O–H groups in total. The highest BCUT2D eigenvalue weighted by Crippen LogP contribution is 2.28. The molecule has 0 bridgehead atoms. The molecular formula is C12H17F6N3. The molecule has 1 aromatic heterocycles. The highest BCUT2D eigenvalue weighted by atomic mass is 19.4. The van der Waals surface area contributed by atoms with Gasteiger partial charge in [0.2, 0.25) is 0 Å². The molecule has 0 aliphatic rings. The summed E-state index contributed by atoms with van der Waals surface area (Å²) in [5, 5.41) is 6.63. The molecule has 0 amide bonds. The lowest BCUT2D eigenvalue weighted by atomic mass is 10.0. The van der Waals surface area contributed by atoms with Crippen LogP contribution in [0.25, 0.3) is 0 Å². The van der Waals surface area contributed by atoms with Crippen molar-refractivity contribution in [3.63, 3.8) is 0 Å². The lowest BCUT2D eigenvalue weighted by Crippen LogP contribution is -2.25. The van der Waals surface area contributed by atoms with Crippen LogP contribution in [0.3, 0.4) is 0 Å². The summed E-state index contributed by atoms with van der Waals surface area (Å²) in [4.78, 5) is 0. The molecule has 0 aromatic carbocycles. The van der Waals surface area contributed by atoms with Crippen molar-refractivity contribution in [2.45, 2.75) is 51.0 Å². The molecule has 21 heavy (non-hydrogen) atoms. The number of nitrogens with zero attached hydrogens (tertiary/aromatic N) is 2. The van der Waals surface area contributed by atoms with Crippen LogP contribution >= 0.6 is 0 Å². The Morgan fingerprint density at radius 3 is 1.90 bits per heavy atom. The average Bonchev–Trinajstić information content (AvgIpc) is 2.62. The van der Waals surface area contributed by atoms with Crippen molar-refractivity contribution < 1.29 is 26.3 Å². The first-order valence-corrected chi connectivity index (χ1v) is 6.36. The maximum atomic E-state index is 12.2. The van der Waals surface area contributed by atoms with Gasteiger partial charge >= 0.3 is 12.4 Å². The highest BCUT2D eigenvalue weighted by molar-refractivity contribution is 5.46. The van der Waals surface area contributed by atoms with E-state index in [1.807, 2.05) is 0 Å². The third kappa shape index (κ3) is 6.72. The highest BCUT2D eigenvalue weighted by Gasteiger charge is 2.32. The first-order valence-electron chi connectivity index (χ1n) is 6.36. The minimum absolute atomic E-state index is 0.409. The lowest BCUT2D eigenvalue weighted by molar-refractivity contribution is -0.140. The first-order chi connectivity index (χ1) is 9.48. The smallest absolute Gasteiger partial charge is 0.380 e. The Kier molecular flexibility index (Phi) is 5.52. The molecule has 9 heteroatoms. The molecule has 0 aliphatic carbocycles. The van der Waals surface area contributed by atoms with Gasteiger partial charge in [0.1, 0.15) is 0 Å². The largest absolute Gasteiger partial charge is 0.389 e. The minimum atomic E-state index is -4.39. The predicted octanol–water partition coefficient (Wildman–Crippen LogP) is 4.19. The maximum absolute atomic E-state index is 12.2. The fourth-order valence-corrected chi connectivity index (χ4v) is 1.82. The third-order valence-electron chi connectivity index (χ3n) is 3.15. The van der Waals surface area contributed by atoms with Crippen LogP contribution in [0.5, 0.6) is 0 Å². The number of aryl methyl sites for hydroxylation is 1. The van der Waals surface area contributed by atoms with Gasteiger partial charge in [-0.05, 0) is 19.8 Å². The van der Waals surface area contributed by atoms with E-state index in [1.54, 1.807) is 14.0 Å². The van der Waals surface area contributed by atoms with E-state index in [0.29, 0.717) is 11.4 Å². The zero-order valence-electron chi connectivity index (χ0n) is 11.6. The molecule has 0 aliphatic heterocycles. The van der Waals surface area contributed by atoms with Crippen LogP contribution in [0.1, 0.15) is 31.4 Å². The molecule has 0 atom stereocenters. The topological polar surface area (TPSA) is 29.9 Å². The van der Waals surface area contributed by atoms with Gasteiger partial charge in [0.05, 0.1) is 17.6 Å². The number of hydrogen-bond donors (Lipinski definition) is 1. The Morgan fingerprint density at radius 1 is 1.10 bits per heavy atom. The second-order valence-electron chi connectivity index (χ2n) is 4.92. The Balaban J connectivity index is 2.69. The van der Waals surface area contributed by atoms with Gasteiger partial charge in [-0.2, -0.15) is 31.4 Å². The lowest BCUT2D eigenvalue weighted by Gasteiger charge is -2.21. The summed E-state index contributed by atoms with van der Waals surface area (Å²) in [6.45, 7) is 1.68. The van der Waals surface area contributed by atoms with Gasteiger partial charge < -0.3 is 5.32 Å². The number of hydrogen-bond acceptors (Lipinski definition) is 2. The fraction of sp³-hybridized carbons (Fsp3) is 0.750. The SMILES string of the molecule is Cc1c(NC(CCC(F)(F)F)CCC(F)(F)F)cnn1C. The monoisotopic (exact) mass is 317 g/mol. The zero-order valence-corrected chi connectivity index (χ0v) is 11.6. The van der Waals surface area contributed by atoms with Gasteiger partial charge in [-0.1, -0.05) is 0 Å². The number of halogens is 6. The second kappa shape index (κ2) is 6.57. The molecule has 0 spiro atoms. The first kappa shape index (κ1) is 17.6. The van der Waals surface area contributed by atoms with E-state index in [4.69, 9.17) is 0 Å². The van der Waals surface area contributed by atoms with E-state index >= 15 is 0 Å². The van der Waals surface area contributed by atoms with E-state index in [1.165, 1.54) is 10.9 Å². The molecule has 1 rings (SSSR count). The van der Waals surface area contributed by atoms with E-state index in [0.717, 1.165) is 0 Å². The van der Waals surface area contributed by atoms with Crippen molar-refractivity contribution in [1.29, 1.82) is 0 Å². The number of rotatable bonds is 6. The molecule has 0 radical (unpaired) electrons. The molecule has 122 valence electrons. The Morgan fingerprint density at radius 2 is 1.57 bits per heavy atom. The van der Waals surface area contributed by atoms with Crippen molar-refractivity contribution in [2.75, 3.05) is 5.32 Å². The van der Waals surface area contributed by atoms with Crippen LogP contribution in [-0.4, -0.2) is 28.2 Å². The Bertz CT molecular complexity index is 431. The van der Waals surface area contributed by atoms with Gasteiger partial charge in [-0.3, -0.25) is 4.68 Å². The van der Waals surface area contributed by atoms with Crippen molar-refractivity contribution in [1.82, 2.24) is 9.78 Å². The van der Waals surface area contributed by atoms with Crippen LogP contribution in [0.15, 0.2) is 6.20 Å². The molecule has 0 unspecified atom stereocenters. The van der Waals surface area contributed by atoms with Gasteiger partial charge in [-0.25, -0.2) is 0 Å². The third-order valence-corrected chi connectivity index (χ3v) is 3.15. The summed E-state index contributed by atoms with van der Waals surface area (Å²) in [5.41, 5.74) is 1.10. The number of aromatic nitrogens is 2. The number of anilines is 1. The summed E-state index contributed by atoms with van der Waals surface area (Å²) in [6.07, 6.45) is -10.4. The van der Waals surface area contributed by atoms with E-state index in [9.17, 15) is 26.3 Å². The van der Waals surface area contributed by atoms with E-state index in [-0.39, 0.29) is 0 Å². The summed E-state index contributed by atoms with van der Waals surface area (Å²) in [5.74, 6) is 0. The summed E-state index contributed by atoms with van der Waals surface area (Å²) < 4.78 is 75.0. The van der Waals surface area contributed by atoms with Gasteiger partial charge in [-0.15, -0.1) is 0 Å². The molecule has 3 nitrogen and oxygen atoms in total. The summed E-state index contributed by atoms with van der Waals surface area (Å²) >= 11 is 0. The van der Waals surface area contributed by atoms with Crippen LogP contribution in [-0.2, 0) is 7.05 Å².